The lowest BCUT2D eigenvalue weighted by atomic mass is 9.79. The first-order valence-corrected chi connectivity index (χ1v) is 11.9. The SMILES string of the molecule is O=S1(=O)NC2(CN1CC(F)(F)F)C1CCC2Cc2cc(-c3nccs3)ccc2C1. The molecule has 1 spiro atoms. The van der Waals surface area contributed by atoms with Gasteiger partial charge in [0.1, 0.15) is 11.6 Å². The Hall–Kier alpha value is -1.49. The maximum Gasteiger partial charge on any atom is 0.402 e. The largest absolute Gasteiger partial charge is 0.402 e. The van der Waals surface area contributed by atoms with Crippen LogP contribution in [0.4, 0.5) is 13.2 Å². The molecule has 1 saturated carbocycles. The molecule has 5 rings (SSSR count). The molecular formula is C19H20F3N3O2S2. The maximum atomic E-state index is 13.0. The number of thiazole rings is 1. The molecule has 5 nitrogen and oxygen atoms in total. The van der Waals surface area contributed by atoms with E-state index in [9.17, 15) is 21.6 Å². The van der Waals surface area contributed by atoms with Gasteiger partial charge in [0.25, 0.3) is 10.2 Å². The van der Waals surface area contributed by atoms with Gasteiger partial charge in [-0.3, -0.25) is 0 Å². The Labute approximate surface area is 171 Å². The zero-order valence-corrected chi connectivity index (χ0v) is 17.1. The van der Waals surface area contributed by atoms with Crippen molar-refractivity contribution in [3.63, 3.8) is 0 Å². The Morgan fingerprint density at radius 1 is 1.21 bits per heavy atom. The summed E-state index contributed by atoms with van der Waals surface area (Å²) < 4.78 is 67.2. The minimum atomic E-state index is -4.56. The summed E-state index contributed by atoms with van der Waals surface area (Å²) in [7, 11) is -4.15. The predicted molar refractivity (Wildman–Crippen MR) is 104 cm³/mol. The van der Waals surface area contributed by atoms with Crippen LogP contribution in [0.25, 0.3) is 10.6 Å². The van der Waals surface area contributed by atoms with Gasteiger partial charge in [0, 0.05) is 23.7 Å². The van der Waals surface area contributed by atoms with Crippen LogP contribution in [0.5, 0.6) is 0 Å². The predicted octanol–water partition coefficient (Wildman–Crippen LogP) is 3.39. The molecule has 3 aliphatic rings. The third-order valence-electron chi connectivity index (χ3n) is 6.59. The highest BCUT2D eigenvalue weighted by Gasteiger charge is 2.60. The summed E-state index contributed by atoms with van der Waals surface area (Å²) in [6, 6.07) is 6.20. The molecule has 3 atom stereocenters. The molecule has 29 heavy (non-hydrogen) atoms. The normalized spacial score (nSPS) is 31.1. The van der Waals surface area contributed by atoms with Crippen molar-refractivity contribution in [3.8, 4) is 10.6 Å². The van der Waals surface area contributed by atoms with Gasteiger partial charge in [0.15, 0.2) is 0 Å². The number of fused-ring (bicyclic) bond motifs is 1. The minimum Gasteiger partial charge on any atom is -0.245 e. The van der Waals surface area contributed by atoms with E-state index in [2.05, 4.69) is 21.8 Å². The Balaban J connectivity index is 1.49. The van der Waals surface area contributed by atoms with Crippen molar-refractivity contribution in [2.45, 2.75) is 37.4 Å². The second kappa shape index (κ2) is 6.50. The molecule has 2 bridgehead atoms. The summed E-state index contributed by atoms with van der Waals surface area (Å²) in [4.78, 5) is 4.35. The van der Waals surface area contributed by atoms with Gasteiger partial charge in [-0.25, -0.2) is 4.98 Å². The van der Waals surface area contributed by atoms with Crippen LogP contribution in [0.15, 0.2) is 29.8 Å². The molecule has 2 aromatic rings. The number of hydrogen-bond donors (Lipinski definition) is 1. The first-order valence-electron chi connectivity index (χ1n) is 9.54. The van der Waals surface area contributed by atoms with Crippen LogP contribution in [0.3, 0.4) is 0 Å². The highest BCUT2D eigenvalue weighted by molar-refractivity contribution is 7.87. The molecule has 1 N–H and O–H groups in total. The Bertz CT molecular complexity index is 1040. The van der Waals surface area contributed by atoms with E-state index in [1.165, 1.54) is 0 Å². The van der Waals surface area contributed by atoms with E-state index in [4.69, 9.17) is 0 Å². The van der Waals surface area contributed by atoms with Gasteiger partial charge in [-0.05, 0) is 54.7 Å². The topological polar surface area (TPSA) is 62.3 Å². The van der Waals surface area contributed by atoms with Crippen molar-refractivity contribution in [3.05, 3.63) is 40.9 Å². The van der Waals surface area contributed by atoms with Gasteiger partial charge in [0.05, 0.1) is 5.54 Å². The molecule has 0 amide bonds. The lowest BCUT2D eigenvalue weighted by Crippen LogP contribution is -2.52. The summed E-state index contributed by atoms with van der Waals surface area (Å²) in [5.74, 6) is -0.0271. The van der Waals surface area contributed by atoms with Crippen LogP contribution in [-0.2, 0) is 23.1 Å². The van der Waals surface area contributed by atoms with Gasteiger partial charge in [-0.1, -0.05) is 12.1 Å². The first kappa shape index (κ1) is 19.5. The summed E-state index contributed by atoms with van der Waals surface area (Å²) >= 11 is 1.56. The maximum absolute atomic E-state index is 13.0. The average Bonchev–Trinajstić information content (AvgIpc) is 3.27. The number of halogens is 3. The molecule has 1 saturated heterocycles. The zero-order chi connectivity index (χ0) is 20.4. The third-order valence-corrected chi connectivity index (χ3v) is 8.99. The standard InChI is InChI=1S/C19H20F3N3O2S2/c20-19(21,22)11-25-10-18(24-29(25,26)27)15-3-4-16(18)9-14-7-13(2-1-12(14)8-15)17-23-5-6-28-17/h1-2,5-7,15-16,24H,3-4,8-11H2. The molecule has 1 aromatic carbocycles. The monoisotopic (exact) mass is 443 g/mol. The first-order chi connectivity index (χ1) is 13.7. The quantitative estimate of drug-likeness (QED) is 0.774. The van der Waals surface area contributed by atoms with Gasteiger partial charge < -0.3 is 0 Å². The average molecular weight is 444 g/mol. The fourth-order valence-electron chi connectivity index (χ4n) is 5.34. The fourth-order valence-corrected chi connectivity index (χ4v) is 7.69. The molecule has 156 valence electrons. The highest BCUT2D eigenvalue weighted by Crippen LogP contribution is 2.50. The Morgan fingerprint density at radius 3 is 2.59 bits per heavy atom. The molecule has 3 unspecified atom stereocenters. The summed E-state index contributed by atoms with van der Waals surface area (Å²) in [6.45, 7) is -1.55. The summed E-state index contributed by atoms with van der Waals surface area (Å²) in [6.07, 6.45) is 0.162. The van der Waals surface area contributed by atoms with Crippen LogP contribution >= 0.6 is 11.3 Å². The second-order valence-electron chi connectivity index (χ2n) is 8.23. The van der Waals surface area contributed by atoms with Crippen LogP contribution in [-0.4, -0.2) is 42.5 Å². The van der Waals surface area contributed by atoms with Gasteiger partial charge in [-0.15, -0.1) is 11.3 Å². The summed E-state index contributed by atoms with van der Waals surface area (Å²) in [5.41, 5.74) is 2.50. The molecule has 1 aliphatic heterocycles. The molecule has 10 heteroatoms. The molecule has 2 aliphatic carbocycles. The number of benzene rings is 1. The van der Waals surface area contributed by atoms with Crippen molar-refractivity contribution in [2.24, 2.45) is 11.8 Å². The third kappa shape index (κ3) is 3.30. The van der Waals surface area contributed by atoms with E-state index in [0.717, 1.165) is 34.5 Å². The number of alkyl halides is 3. The molecule has 2 heterocycles. The van der Waals surface area contributed by atoms with E-state index in [0.29, 0.717) is 17.1 Å². The van der Waals surface area contributed by atoms with Crippen LogP contribution in [0.2, 0.25) is 0 Å². The summed E-state index contributed by atoms with van der Waals surface area (Å²) in [5, 5.41) is 2.84. The highest BCUT2D eigenvalue weighted by atomic mass is 32.2. The second-order valence-corrected chi connectivity index (χ2v) is 10.8. The number of rotatable bonds is 2. The smallest absolute Gasteiger partial charge is 0.245 e. The molecule has 1 aromatic heterocycles. The van der Waals surface area contributed by atoms with E-state index in [1.807, 2.05) is 11.4 Å². The number of nitrogens with zero attached hydrogens (tertiary/aromatic N) is 2. The number of nitrogens with one attached hydrogen (secondary N) is 1. The van der Waals surface area contributed by atoms with Gasteiger partial charge >= 0.3 is 6.18 Å². The van der Waals surface area contributed by atoms with Crippen LogP contribution < -0.4 is 4.72 Å². The molecular weight excluding hydrogens is 423 g/mol. The van der Waals surface area contributed by atoms with E-state index >= 15 is 0 Å². The van der Waals surface area contributed by atoms with Crippen LogP contribution in [0, 0.1) is 11.8 Å². The lowest BCUT2D eigenvalue weighted by molar-refractivity contribution is -0.136. The Morgan fingerprint density at radius 2 is 1.93 bits per heavy atom. The van der Waals surface area contributed by atoms with Crippen molar-refractivity contribution in [2.75, 3.05) is 13.1 Å². The Kier molecular flexibility index (Phi) is 4.37. The van der Waals surface area contributed by atoms with Crippen LogP contribution in [0.1, 0.15) is 24.0 Å². The van der Waals surface area contributed by atoms with Gasteiger partial charge in [0.2, 0.25) is 0 Å². The number of hydrogen-bond acceptors (Lipinski definition) is 4. The van der Waals surface area contributed by atoms with Crippen molar-refractivity contribution < 1.29 is 21.6 Å². The van der Waals surface area contributed by atoms with Gasteiger partial charge in [-0.2, -0.15) is 30.6 Å². The molecule has 2 fully saturated rings. The van der Waals surface area contributed by atoms with E-state index in [1.54, 1.807) is 17.5 Å². The van der Waals surface area contributed by atoms with E-state index < -0.39 is 28.5 Å². The fraction of sp³-hybridized carbons (Fsp3) is 0.526. The van der Waals surface area contributed by atoms with Crippen molar-refractivity contribution >= 4 is 21.5 Å². The lowest BCUT2D eigenvalue weighted by Gasteiger charge is -2.33. The number of aromatic nitrogens is 1. The zero-order valence-electron chi connectivity index (χ0n) is 15.4. The van der Waals surface area contributed by atoms with Crippen molar-refractivity contribution in [1.29, 1.82) is 0 Å². The van der Waals surface area contributed by atoms with E-state index in [-0.39, 0.29) is 18.4 Å². The minimum absolute atomic E-state index is 0.00697. The van der Waals surface area contributed by atoms with Crippen molar-refractivity contribution in [1.82, 2.24) is 14.0 Å². The molecule has 0 radical (unpaired) electrons.